The monoisotopic (exact) mass is 444 g/mol. The highest BCUT2D eigenvalue weighted by molar-refractivity contribution is 6.31. The molecule has 0 amide bonds. The van der Waals surface area contributed by atoms with Crippen molar-refractivity contribution in [3.8, 4) is 17.2 Å². The Bertz CT molecular complexity index is 1090. The number of allylic oxidation sites excluding steroid dienone is 1. The molecule has 1 unspecified atom stereocenters. The number of carbonyl (C=O) groups excluding carboxylic acids is 2. The summed E-state index contributed by atoms with van der Waals surface area (Å²) in [4.78, 5) is 24.8. The summed E-state index contributed by atoms with van der Waals surface area (Å²) >= 11 is 6.21. The van der Waals surface area contributed by atoms with E-state index in [1.54, 1.807) is 51.1 Å². The number of ether oxygens (including phenoxy) is 5. The molecule has 162 valence electrons. The maximum atomic E-state index is 13.0. The van der Waals surface area contributed by atoms with Crippen LogP contribution in [0, 0.1) is 6.92 Å². The highest BCUT2D eigenvalue weighted by Gasteiger charge is 2.31. The zero-order valence-corrected chi connectivity index (χ0v) is 18.1. The third-order valence-corrected chi connectivity index (χ3v) is 5.08. The lowest BCUT2D eigenvalue weighted by molar-refractivity contribution is -0.150. The zero-order valence-electron chi connectivity index (χ0n) is 17.3. The number of aryl methyl sites for hydroxylation is 1. The van der Waals surface area contributed by atoms with Gasteiger partial charge in [0.25, 0.3) is 0 Å². The molecule has 8 heteroatoms. The summed E-state index contributed by atoms with van der Waals surface area (Å²) in [6, 6.07) is 6.76. The quantitative estimate of drug-likeness (QED) is 0.497. The molecule has 0 saturated heterocycles. The van der Waals surface area contributed by atoms with Gasteiger partial charge in [0.15, 0.2) is 18.7 Å². The molecule has 4 rings (SSSR count). The van der Waals surface area contributed by atoms with E-state index in [1.165, 1.54) is 0 Å². The lowest BCUT2D eigenvalue weighted by Gasteiger charge is -2.20. The van der Waals surface area contributed by atoms with Gasteiger partial charge in [0.2, 0.25) is 5.78 Å². The highest BCUT2D eigenvalue weighted by atomic mass is 35.5. The average Bonchev–Trinajstić information content (AvgIpc) is 3.03. The molecule has 2 aromatic carbocycles. The van der Waals surface area contributed by atoms with Crippen molar-refractivity contribution in [2.75, 3.05) is 13.4 Å². The van der Waals surface area contributed by atoms with Gasteiger partial charge >= 0.3 is 5.97 Å². The Morgan fingerprint density at radius 3 is 2.87 bits per heavy atom. The minimum Gasteiger partial charge on any atom is -0.479 e. The van der Waals surface area contributed by atoms with Crippen molar-refractivity contribution in [3.63, 3.8) is 0 Å². The SMILES string of the molecule is CCOC(=O)C(C)Oc1cc(C)c2c(c1)O/C(=C\c1cc(Cl)cc3c1OCOC3)C2=O. The molecule has 0 saturated carbocycles. The van der Waals surface area contributed by atoms with Crippen LogP contribution >= 0.6 is 11.6 Å². The Morgan fingerprint density at radius 1 is 1.29 bits per heavy atom. The van der Waals surface area contributed by atoms with Gasteiger partial charge in [-0.05, 0) is 50.6 Å². The van der Waals surface area contributed by atoms with Gasteiger partial charge < -0.3 is 23.7 Å². The van der Waals surface area contributed by atoms with Crippen LogP contribution in [0.3, 0.4) is 0 Å². The second-order valence-corrected chi connectivity index (χ2v) is 7.60. The third-order valence-electron chi connectivity index (χ3n) is 4.87. The summed E-state index contributed by atoms with van der Waals surface area (Å²) < 4.78 is 27.4. The van der Waals surface area contributed by atoms with Crippen LogP contribution in [0.4, 0.5) is 0 Å². The fraction of sp³-hybridized carbons (Fsp3) is 0.304. The maximum Gasteiger partial charge on any atom is 0.347 e. The van der Waals surface area contributed by atoms with Crippen molar-refractivity contribution in [2.45, 2.75) is 33.5 Å². The largest absolute Gasteiger partial charge is 0.479 e. The molecule has 0 bridgehead atoms. The molecule has 2 heterocycles. The first kappa shape index (κ1) is 21.2. The Hall–Kier alpha value is -3.03. The molecule has 0 radical (unpaired) electrons. The lowest BCUT2D eigenvalue weighted by Crippen LogP contribution is -2.26. The molecule has 1 atom stereocenters. The number of hydrogen-bond donors (Lipinski definition) is 0. The van der Waals surface area contributed by atoms with Crippen LogP contribution in [0.15, 0.2) is 30.0 Å². The fourth-order valence-corrected chi connectivity index (χ4v) is 3.76. The predicted octanol–water partition coefficient (Wildman–Crippen LogP) is 4.46. The number of rotatable bonds is 5. The Balaban J connectivity index is 1.63. The number of benzene rings is 2. The smallest absolute Gasteiger partial charge is 0.347 e. The summed E-state index contributed by atoms with van der Waals surface area (Å²) in [5.41, 5.74) is 2.55. The van der Waals surface area contributed by atoms with E-state index < -0.39 is 12.1 Å². The molecule has 0 aliphatic carbocycles. The number of fused-ring (bicyclic) bond motifs is 2. The van der Waals surface area contributed by atoms with Crippen LogP contribution in [0.2, 0.25) is 5.02 Å². The van der Waals surface area contributed by atoms with E-state index >= 15 is 0 Å². The van der Waals surface area contributed by atoms with Crippen molar-refractivity contribution in [1.82, 2.24) is 0 Å². The molecule has 0 N–H and O–H groups in total. The second kappa shape index (κ2) is 8.61. The molecule has 2 aromatic rings. The van der Waals surface area contributed by atoms with E-state index in [-0.39, 0.29) is 24.9 Å². The van der Waals surface area contributed by atoms with E-state index in [4.69, 9.17) is 35.3 Å². The van der Waals surface area contributed by atoms with Crippen LogP contribution in [0.5, 0.6) is 17.2 Å². The van der Waals surface area contributed by atoms with Crippen molar-refractivity contribution in [2.24, 2.45) is 0 Å². The van der Waals surface area contributed by atoms with Crippen LogP contribution < -0.4 is 14.2 Å². The number of halogens is 1. The normalized spacial score (nSPS) is 16.8. The maximum absolute atomic E-state index is 13.0. The predicted molar refractivity (Wildman–Crippen MR) is 113 cm³/mol. The van der Waals surface area contributed by atoms with Crippen molar-refractivity contribution in [1.29, 1.82) is 0 Å². The first-order valence-electron chi connectivity index (χ1n) is 9.82. The topological polar surface area (TPSA) is 80.3 Å². The Morgan fingerprint density at radius 2 is 2.10 bits per heavy atom. The number of Topliss-reactive ketones (excluding diaryl/α,β-unsaturated/α-hetero) is 1. The van der Waals surface area contributed by atoms with E-state index in [0.29, 0.717) is 45.6 Å². The van der Waals surface area contributed by atoms with Crippen molar-refractivity contribution >= 4 is 29.4 Å². The number of carbonyl (C=O) groups is 2. The minimum atomic E-state index is -0.790. The summed E-state index contributed by atoms with van der Waals surface area (Å²) in [5.74, 6) is 0.813. The van der Waals surface area contributed by atoms with Crippen molar-refractivity contribution < 1.29 is 33.3 Å². The van der Waals surface area contributed by atoms with Crippen LogP contribution in [0.1, 0.15) is 40.9 Å². The summed E-state index contributed by atoms with van der Waals surface area (Å²) in [7, 11) is 0. The first-order valence-corrected chi connectivity index (χ1v) is 10.2. The third kappa shape index (κ3) is 4.24. The fourth-order valence-electron chi connectivity index (χ4n) is 3.51. The highest BCUT2D eigenvalue weighted by Crippen LogP contribution is 2.39. The summed E-state index contributed by atoms with van der Waals surface area (Å²) in [6.45, 7) is 5.88. The number of esters is 1. The first-order chi connectivity index (χ1) is 14.9. The molecule has 0 spiro atoms. The molecular formula is C23H21ClO7. The number of hydrogen-bond acceptors (Lipinski definition) is 7. The van der Waals surface area contributed by atoms with Gasteiger partial charge in [-0.3, -0.25) is 4.79 Å². The van der Waals surface area contributed by atoms with Gasteiger partial charge in [-0.25, -0.2) is 4.79 Å². The van der Waals surface area contributed by atoms with Crippen molar-refractivity contribution in [3.05, 3.63) is 57.3 Å². The van der Waals surface area contributed by atoms with Gasteiger partial charge in [0.1, 0.15) is 17.2 Å². The van der Waals surface area contributed by atoms with E-state index in [9.17, 15) is 9.59 Å². The molecule has 31 heavy (non-hydrogen) atoms. The van der Waals surface area contributed by atoms with Gasteiger partial charge in [0, 0.05) is 22.2 Å². The van der Waals surface area contributed by atoms with Crippen LogP contribution in [0.25, 0.3) is 6.08 Å². The molecule has 7 nitrogen and oxygen atoms in total. The number of ketones is 1. The standard InChI is InChI=1S/C23H21ClO7/c1-4-28-23(26)13(3)30-17-5-12(2)20-18(9-17)31-19(21(20)25)8-14-6-16(24)7-15-10-27-11-29-22(14)15/h5-9,13H,4,10-11H2,1-3H3/b19-8-. The molecule has 2 aliphatic rings. The van der Waals surface area contributed by atoms with E-state index in [0.717, 1.165) is 5.56 Å². The van der Waals surface area contributed by atoms with Gasteiger partial charge in [-0.2, -0.15) is 0 Å². The van der Waals surface area contributed by atoms with Gasteiger partial charge in [0.05, 0.1) is 18.8 Å². The lowest BCUT2D eigenvalue weighted by atomic mass is 10.0. The van der Waals surface area contributed by atoms with E-state index in [1.807, 2.05) is 0 Å². The summed E-state index contributed by atoms with van der Waals surface area (Å²) in [5, 5.41) is 0.502. The van der Waals surface area contributed by atoms with Gasteiger partial charge in [-0.1, -0.05) is 11.6 Å². The Kier molecular flexibility index (Phi) is 5.89. The average molecular weight is 445 g/mol. The Labute approximate surface area is 184 Å². The molecule has 0 aromatic heterocycles. The van der Waals surface area contributed by atoms with Crippen LogP contribution in [-0.4, -0.2) is 31.3 Å². The zero-order chi connectivity index (χ0) is 22.1. The molecule has 0 fully saturated rings. The molecular weight excluding hydrogens is 424 g/mol. The van der Waals surface area contributed by atoms with E-state index in [2.05, 4.69) is 0 Å². The second-order valence-electron chi connectivity index (χ2n) is 7.16. The minimum absolute atomic E-state index is 0.123. The summed E-state index contributed by atoms with van der Waals surface area (Å²) in [6.07, 6.45) is 0.821. The van der Waals surface area contributed by atoms with Gasteiger partial charge in [-0.15, -0.1) is 0 Å². The molecule has 2 aliphatic heterocycles. The van der Waals surface area contributed by atoms with Crippen LogP contribution in [-0.2, 0) is 20.9 Å².